The number of carbonyl (C=O) groups is 1. The summed E-state index contributed by atoms with van der Waals surface area (Å²) in [4.78, 5) is 12.9. The smallest absolute Gasteiger partial charge is 0.308 e. The number of nitrogens with zero attached hydrogens (tertiary/aromatic N) is 1. The maximum atomic E-state index is 10.8. The molecule has 0 aliphatic rings. The van der Waals surface area contributed by atoms with Crippen LogP contribution in [0.1, 0.15) is 25.5 Å². The Labute approximate surface area is 90.7 Å². The number of esters is 1. The number of hydrogen-bond donors (Lipinski definition) is 0. The Morgan fingerprint density at radius 2 is 2.07 bits per heavy atom. The molecule has 0 radical (unpaired) electrons. The monoisotopic (exact) mass is 207 g/mol. The molecule has 82 valence electrons. The first-order chi connectivity index (χ1) is 7.00. The minimum atomic E-state index is -0.287. The second kappa shape index (κ2) is 4.94. The lowest BCUT2D eigenvalue weighted by atomic mass is 10.1. The van der Waals surface area contributed by atoms with E-state index < -0.39 is 0 Å². The molecule has 0 saturated heterocycles. The third-order valence-electron chi connectivity index (χ3n) is 2.38. The number of ether oxygens (including phenoxy) is 1. The van der Waals surface area contributed by atoms with Crippen LogP contribution in [0.5, 0.6) is 5.75 Å². The fourth-order valence-electron chi connectivity index (χ4n) is 1.30. The number of benzene rings is 1. The van der Waals surface area contributed by atoms with Crippen LogP contribution in [-0.4, -0.2) is 25.0 Å². The van der Waals surface area contributed by atoms with Gasteiger partial charge in [-0.15, -0.1) is 0 Å². The molecule has 0 unspecified atom stereocenters. The highest BCUT2D eigenvalue weighted by Crippen LogP contribution is 2.21. The Kier molecular flexibility index (Phi) is 3.86. The lowest BCUT2D eigenvalue weighted by molar-refractivity contribution is -0.131. The highest BCUT2D eigenvalue weighted by atomic mass is 16.5. The van der Waals surface area contributed by atoms with Crippen molar-refractivity contribution in [3.63, 3.8) is 0 Å². The van der Waals surface area contributed by atoms with Gasteiger partial charge in [-0.05, 0) is 38.7 Å². The largest absolute Gasteiger partial charge is 0.427 e. The molecule has 0 amide bonds. The number of hydrogen-bond acceptors (Lipinski definition) is 3. The van der Waals surface area contributed by atoms with Gasteiger partial charge in [-0.25, -0.2) is 0 Å². The topological polar surface area (TPSA) is 29.5 Å². The quantitative estimate of drug-likeness (QED) is 0.562. The van der Waals surface area contributed by atoms with E-state index in [9.17, 15) is 4.79 Å². The van der Waals surface area contributed by atoms with Gasteiger partial charge in [0, 0.05) is 13.0 Å². The summed E-state index contributed by atoms with van der Waals surface area (Å²) in [6, 6.07) is 7.91. The number of carbonyl (C=O) groups excluding carboxylic acids is 1. The molecular formula is C12H17NO2. The maximum Gasteiger partial charge on any atom is 0.308 e. The van der Waals surface area contributed by atoms with Gasteiger partial charge in [0.15, 0.2) is 0 Å². The zero-order chi connectivity index (χ0) is 11.4. The van der Waals surface area contributed by atoms with Crippen molar-refractivity contribution in [2.45, 2.75) is 19.9 Å². The molecule has 0 heterocycles. The molecule has 0 aliphatic carbocycles. The molecule has 0 spiro atoms. The maximum absolute atomic E-state index is 10.8. The van der Waals surface area contributed by atoms with E-state index in [1.807, 2.05) is 32.3 Å². The van der Waals surface area contributed by atoms with Gasteiger partial charge < -0.3 is 9.64 Å². The SMILES string of the molecule is CC(=O)Oc1cccc([C@H](C)N(C)C)c1. The van der Waals surface area contributed by atoms with E-state index in [0.29, 0.717) is 11.8 Å². The Morgan fingerprint density at radius 3 is 2.60 bits per heavy atom. The molecule has 0 fully saturated rings. The first-order valence-corrected chi connectivity index (χ1v) is 4.95. The second-order valence-corrected chi connectivity index (χ2v) is 3.81. The van der Waals surface area contributed by atoms with Crippen molar-refractivity contribution in [3.05, 3.63) is 29.8 Å². The molecule has 1 aromatic carbocycles. The molecular weight excluding hydrogens is 190 g/mol. The summed E-state index contributed by atoms with van der Waals surface area (Å²) in [5.41, 5.74) is 1.14. The molecule has 1 atom stereocenters. The third kappa shape index (κ3) is 3.36. The van der Waals surface area contributed by atoms with E-state index in [2.05, 4.69) is 11.8 Å². The van der Waals surface area contributed by atoms with Crippen LogP contribution in [0.2, 0.25) is 0 Å². The van der Waals surface area contributed by atoms with Gasteiger partial charge in [0.2, 0.25) is 0 Å². The molecule has 0 aliphatic heterocycles. The van der Waals surface area contributed by atoms with Crippen LogP contribution >= 0.6 is 0 Å². The van der Waals surface area contributed by atoms with E-state index in [1.54, 1.807) is 6.07 Å². The van der Waals surface area contributed by atoms with Gasteiger partial charge in [-0.1, -0.05) is 12.1 Å². The Hall–Kier alpha value is -1.35. The van der Waals surface area contributed by atoms with Crippen molar-refractivity contribution in [3.8, 4) is 5.75 Å². The molecule has 1 aromatic rings. The van der Waals surface area contributed by atoms with Gasteiger partial charge in [-0.2, -0.15) is 0 Å². The van der Waals surface area contributed by atoms with Gasteiger partial charge in [0.1, 0.15) is 5.75 Å². The van der Waals surface area contributed by atoms with Crippen molar-refractivity contribution in [1.82, 2.24) is 4.90 Å². The van der Waals surface area contributed by atoms with Gasteiger partial charge in [0.25, 0.3) is 0 Å². The molecule has 0 bridgehead atoms. The van der Waals surface area contributed by atoms with E-state index in [1.165, 1.54) is 6.92 Å². The summed E-state index contributed by atoms with van der Waals surface area (Å²) in [5.74, 6) is 0.318. The fourth-order valence-corrected chi connectivity index (χ4v) is 1.30. The summed E-state index contributed by atoms with van der Waals surface area (Å²) in [5, 5.41) is 0. The first kappa shape index (κ1) is 11.7. The van der Waals surface area contributed by atoms with Crippen molar-refractivity contribution in [2.24, 2.45) is 0 Å². The summed E-state index contributed by atoms with van der Waals surface area (Å²) < 4.78 is 5.03. The molecule has 0 aromatic heterocycles. The Balaban J connectivity index is 2.87. The summed E-state index contributed by atoms with van der Waals surface area (Å²) in [7, 11) is 4.03. The van der Waals surface area contributed by atoms with Crippen molar-refractivity contribution in [2.75, 3.05) is 14.1 Å². The summed E-state index contributed by atoms with van der Waals surface area (Å²) >= 11 is 0. The molecule has 0 saturated carbocycles. The van der Waals surface area contributed by atoms with Crippen LogP contribution in [0.3, 0.4) is 0 Å². The minimum Gasteiger partial charge on any atom is -0.427 e. The third-order valence-corrected chi connectivity index (χ3v) is 2.38. The van der Waals surface area contributed by atoms with Crippen LogP contribution in [0, 0.1) is 0 Å². The van der Waals surface area contributed by atoms with E-state index in [0.717, 1.165) is 5.56 Å². The molecule has 1 rings (SSSR count). The van der Waals surface area contributed by atoms with E-state index in [4.69, 9.17) is 4.74 Å². The lowest BCUT2D eigenvalue weighted by Crippen LogP contribution is -2.16. The van der Waals surface area contributed by atoms with Gasteiger partial charge >= 0.3 is 5.97 Å². The summed E-state index contributed by atoms with van der Waals surface area (Å²) in [6.45, 7) is 3.51. The van der Waals surface area contributed by atoms with E-state index >= 15 is 0 Å². The first-order valence-electron chi connectivity index (χ1n) is 4.95. The van der Waals surface area contributed by atoms with Crippen LogP contribution in [-0.2, 0) is 4.79 Å². The molecule has 15 heavy (non-hydrogen) atoms. The van der Waals surface area contributed by atoms with Crippen LogP contribution in [0.15, 0.2) is 24.3 Å². The van der Waals surface area contributed by atoms with Gasteiger partial charge in [0.05, 0.1) is 0 Å². The van der Waals surface area contributed by atoms with Crippen LogP contribution in [0.25, 0.3) is 0 Å². The minimum absolute atomic E-state index is 0.287. The predicted molar refractivity (Wildman–Crippen MR) is 59.9 cm³/mol. The standard InChI is InChI=1S/C12H17NO2/c1-9(13(3)4)11-6-5-7-12(8-11)15-10(2)14/h5-9H,1-4H3/t9-/m0/s1. The molecule has 3 heteroatoms. The lowest BCUT2D eigenvalue weighted by Gasteiger charge is -2.20. The molecule has 0 N–H and O–H groups in total. The Bertz CT molecular complexity index is 347. The highest BCUT2D eigenvalue weighted by Gasteiger charge is 2.08. The van der Waals surface area contributed by atoms with Gasteiger partial charge in [-0.3, -0.25) is 4.79 Å². The zero-order valence-corrected chi connectivity index (χ0v) is 9.65. The average molecular weight is 207 g/mol. The van der Waals surface area contributed by atoms with Crippen molar-refractivity contribution >= 4 is 5.97 Å². The second-order valence-electron chi connectivity index (χ2n) is 3.81. The zero-order valence-electron chi connectivity index (χ0n) is 9.65. The summed E-state index contributed by atoms with van der Waals surface area (Å²) in [6.07, 6.45) is 0. The normalized spacial score (nSPS) is 12.6. The van der Waals surface area contributed by atoms with Crippen LogP contribution in [0.4, 0.5) is 0 Å². The number of rotatable bonds is 3. The van der Waals surface area contributed by atoms with Crippen molar-refractivity contribution < 1.29 is 9.53 Å². The van der Waals surface area contributed by atoms with E-state index in [-0.39, 0.29) is 5.97 Å². The Morgan fingerprint density at radius 1 is 1.40 bits per heavy atom. The average Bonchev–Trinajstić information content (AvgIpc) is 2.16. The van der Waals surface area contributed by atoms with Crippen LogP contribution < -0.4 is 4.74 Å². The highest BCUT2D eigenvalue weighted by molar-refractivity contribution is 5.69. The molecule has 3 nitrogen and oxygen atoms in total. The predicted octanol–water partition coefficient (Wildman–Crippen LogP) is 2.23. The fraction of sp³-hybridized carbons (Fsp3) is 0.417. The van der Waals surface area contributed by atoms with Crippen molar-refractivity contribution in [1.29, 1.82) is 0 Å².